The van der Waals surface area contributed by atoms with Crippen molar-refractivity contribution < 1.29 is 9.90 Å². The van der Waals surface area contributed by atoms with E-state index in [1.807, 2.05) is 32.0 Å². The summed E-state index contributed by atoms with van der Waals surface area (Å²) < 4.78 is 0.539. The predicted molar refractivity (Wildman–Crippen MR) is 99.7 cm³/mol. The van der Waals surface area contributed by atoms with Crippen molar-refractivity contribution in [3.05, 3.63) is 64.1 Å². The number of carbonyl (C=O) groups is 1. The zero-order valence-electron chi connectivity index (χ0n) is 12.7. The first-order valence-electron chi connectivity index (χ1n) is 7.10. The van der Waals surface area contributed by atoms with Crippen LogP contribution in [0.4, 0.5) is 5.69 Å². The molecule has 0 aromatic heterocycles. The van der Waals surface area contributed by atoms with Gasteiger partial charge in [-0.25, -0.2) is 0 Å². The smallest absolute Gasteiger partial charge is 0.270 e. The molecule has 1 amide bonds. The Hall–Kier alpha value is -2.11. The molecule has 0 saturated carbocycles. The van der Waals surface area contributed by atoms with Gasteiger partial charge in [0.2, 0.25) is 0 Å². The molecule has 5 heteroatoms. The van der Waals surface area contributed by atoms with Gasteiger partial charge in [-0.3, -0.25) is 9.69 Å². The number of amides is 1. The van der Waals surface area contributed by atoms with Gasteiger partial charge in [0.1, 0.15) is 5.75 Å². The van der Waals surface area contributed by atoms with E-state index in [9.17, 15) is 9.90 Å². The highest BCUT2D eigenvalue weighted by Crippen LogP contribution is 2.38. The number of anilines is 1. The summed E-state index contributed by atoms with van der Waals surface area (Å²) in [4.78, 5) is 15.0. The Morgan fingerprint density at radius 2 is 1.70 bits per heavy atom. The molecule has 0 bridgehead atoms. The van der Waals surface area contributed by atoms with Crippen molar-refractivity contribution in [1.29, 1.82) is 0 Å². The Kier molecular flexibility index (Phi) is 4.24. The Labute approximate surface area is 144 Å². The molecular formula is C18H15NO2S2. The number of hydrogen-bond acceptors (Lipinski definition) is 4. The average molecular weight is 341 g/mol. The molecule has 23 heavy (non-hydrogen) atoms. The van der Waals surface area contributed by atoms with Crippen LogP contribution in [0.5, 0.6) is 5.75 Å². The van der Waals surface area contributed by atoms with Crippen LogP contribution < -0.4 is 4.90 Å². The molecule has 116 valence electrons. The second-order valence-electron chi connectivity index (χ2n) is 5.35. The molecule has 1 fully saturated rings. The van der Waals surface area contributed by atoms with Gasteiger partial charge in [0.15, 0.2) is 4.32 Å². The van der Waals surface area contributed by atoms with E-state index in [4.69, 9.17) is 12.2 Å². The van der Waals surface area contributed by atoms with Gasteiger partial charge < -0.3 is 5.11 Å². The highest BCUT2D eigenvalue weighted by Gasteiger charge is 2.34. The number of para-hydroxylation sites is 1. The normalized spacial score (nSPS) is 16.4. The Morgan fingerprint density at radius 3 is 2.30 bits per heavy atom. The van der Waals surface area contributed by atoms with Crippen LogP contribution in [0.15, 0.2) is 47.4 Å². The molecule has 0 spiro atoms. The number of carbonyl (C=O) groups excluding carboxylic acids is 1. The summed E-state index contributed by atoms with van der Waals surface area (Å²) in [5.74, 6) is 0.0932. The summed E-state index contributed by atoms with van der Waals surface area (Å²) in [5, 5.41) is 9.34. The second kappa shape index (κ2) is 6.18. The number of hydrogen-bond donors (Lipinski definition) is 1. The number of aromatic hydroxyl groups is 1. The van der Waals surface area contributed by atoms with Crippen LogP contribution in [0.2, 0.25) is 0 Å². The Bertz CT molecular complexity index is 805. The summed E-state index contributed by atoms with van der Waals surface area (Å²) in [5.41, 5.74) is 3.76. The largest absolute Gasteiger partial charge is 0.508 e. The highest BCUT2D eigenvalue weighted by atomic mass is 32.2. The monoisotopic (exact) mass is 341 g/mol. The number of benzene rings is 2. The first-order valence-corrected chi connectivity index (χ1v) is 8.33. The summed E-state index contributed by atoms with van der Waals surface area (Å²) in [6, 6.07) is 12.6. The van der Waals surface area contributed by atoms with Gasteiger partial charge in [-0.1, -0.05) is 54.3 Å². The van der Waals surface area contributed by atoms with Crippen molar-refractivity contribution in [3.8, 4) is 5.75 Å². The number of thiocarbonyl (C=S) groups is 1. The average Bonchev–Trinajstić information content (AvgIpc) is 2.77. The Balaban J connectivity index is 1.99. The summed E-state index contributed by atoms with van der Waals surface area (Å²) in [6.07, 6.45) is 1.80. The number of rotatable bonds is 2. The van der Waals surface area contributed by atoms with Gasteiger partial charge >= 0.3 is 0 Å². The molecule has 2 aromatic carbocycles. The zero-order valence-corrected chi connectivity index (χ0v) is 14.4. The highest BCUT2D eigenvalue weighted by molar-refractivity contribution is 8.27. The van der Waals surface area contributed by atoms with Crippen molar-refractivity contribution >= 4 is 46.0 Å². The van der Waals surface area contributed by atoms with Gasteiger partial charge in [-0.05, 0) is 48.7 Å². The third kappa shape index (κ3) is 3.02. The van der Waals surface area contributed by atoms with Crippen LogP contribution in [0.3, 0.4) is 0 Å². The van der Waals surface area contributed by atoms with Crippen LogP contribution >= 0.6 is 24.0 Å². The number of phenols is 1. The quantitative estimate of drug-likeness (QED) is 0.649. The summed E-state index contributed by atoms with van der Waals surface area (Å²) in [6.45, 7) is 3.95. The summed E-state index contributed by atoms with van der Waals surface area (Å²) >= 11 is 6.72. The molecule has 0 unspecified atom stereocenters. The maximum absolute atomic E-state index is 12.8. The molecule has 0 aliphatic carbocycles. The van der Waals surface area contributed by atoms with Crippen molar-refractivity contribution in [1.82, 2.24) is 0 Å². The van der Waals surface area contributed by atoms with Gasteiger partial charge in [0, 0.05) is 0 Å². The molecule has 1 N–H and O–H groups in total. The van der Waals surface area contributed by atoms with Crippen molar-refractivity contribution in [2.45, 2.75) is 13.8 Å². The first-order chi connectivity index (χ1) is 11.0. The maximum Gasteiger partial charge on any atom is 0.270 e. The topological polar surface area (TPSA) is 40.5 Å². The number of aryl methyl sites for hydroxylation is 2. The third-order valence-corrected chi connectivity index (χ3v) is 4.95. The van der Waals surface area contributed by atoms with Gasteiger partial charge in [0.25, 0.3) is 5.91 Å². The summed E-state index contributed by atoms with van der Waals surface area (Å²) in [7, 11) is 0. The van der Waals surface area contributed by atoms with E-state index in [-0.39, 0.29) is 11.7 Å². The fraction of sp³-hybridized carbons (Fsp3) is 0.111. The predicted octanol–water partition coefficient (Wildman–Crippen LogP) is 4.41. The molecule has 0 atom stereocenters. The molecule has 1 saturated heterocycles. The lowest BCUT2D eigenvalue weighted by Gasteiger charge is -2.19. The fourth-order valence-corrected chi connectivity index (χ4v) is 3.81. The molecule has 0 radical (unpaired) electrons. The van der Waals surface area contributed by atoms with E-state index in [1.165, 1.54) is 11.8 Å². The minimum Gasteiger partial charge on any atom is -0.508 e. The molecule has 2 aromatic rings. The lowest BCUT2D eigenvalue weighted by atomic mass is 10.1. The molecule has 1 heterocycles. The van der Waals surface area contributed by atoms with Gasteiger partial charge in [-0.15, -0.1) is 0 Å². The fourth-order valence-electron chi connectivity index (χ4n) is 2.54. The molecule has 3 nitrogen and oxygen atoms in total. The first kappa shape index (κ1) is 15.8. The molecule has 3 rings (SSSR count). The minimum absolute atomic E-state index is 0.106. The third-order valence-electron chi connectivity index (χ3n) is 3.65. The van der Waals surface area contributed by atoms with Crippen molar-refractivity contribution in [2.24, 2.45) is 0 Å². The van der Waals surface area contributed by atoms with Crippen LogP contribution in [-0.2, 0) is 4.79 Å². The standard InChI is InChI=1S/C18H15NO2S2/c1-11-4-3-5-12(2)16(11)19-17(21)15(23-18(19)22)10-13-6-8-14(20)9-7-13/h3-10,20H,1-2H3/b15-10-. The zero-order chi connectivity index (χ0) is 16.6. The number of nitrogens with zero attached hydrogens (tertiary/aromatic N) is 1. The maximum atomic E-state index is 12.8. The van der Waals surface area contributed by atoms with E-state index in [0.717, 1.165) is 22.4 Å². The van der Waals surface area contributed by atoms with Crippen LogP contribution in [0.1, 0.15) is 16.7 Å². The van der Waals surface area contributed by atoms with E-state index < -0.39 is 0 Å². The van der Waals surface area contributed by atoms with Crippen molar-refractivity contribution in [3.63, 3.8) is 0 Å². The minimum atomic E-state index is -0.106. The van der Waals surface area contributed by atoms with Crippen LogP contribution in [-0.4, -0.2) is 15.3 Å². The van der Waals surface area contributed by atoms with Crippen LogP contribution in [0, 0.1) is 13.8 Å². The molecular weight excluding hydrogens is 326 g/mol. The second-order valence-corrected chi connectivity index (χ2v) is 7.02. The van der Waals surface area contributed by atoms with Crippen molar-refractivity contribution in [2.75, 3.05) is 4.90 Å². The number of thioether (sulfide) groups is 1. The lowest BCUT2D eigenvalue weighted by molar-refractivity contribution is -0.113. The van der Waals surface area contributed by atoms with E-state index >= 15 is 0 Å². The van der Waals surface area contributed by atoms with E-state index in [0.29, 0.717) is 9.23 Å². The van der Waals surface area contributed by atoms with Gasteiger partial charge in [0.05, 0.1) is 10.6 Å². The SMILES string of the molecule is Cc1cccc(C)c1N1C(=O)/C(=C/c2ccc(O)cc2)SC1=S. The molecule has 1 aliphatic rings. The van der Waals surface area contributed by atoms with Gasteiger partial charge in [-0.2, -0.15) is 0 Å². The van der Waals surface area contributed by atoms with E-state index in [1.54, 1.807) is 35.2 Å². The lowest BCUT2D eigenvalue weighted by Crippen LogP contribution is -2.29. The van der Waals surface area contributed by atoms with Crippen LogP contribution in [0.25, 0.3) is 6.08 Å². The Morgan fingerprint density at radius 1 is 1.09 bits per heavy atom. The number of phenolic OH excluding ortho intramolecular Hbond substituents is 1. The molecule has 1 aliphatic heterocycles. The van der Waals surface area contributed by atoms with E-state index in [2.05, 4.69) is 0 Å².